The van der Waals surface area contributed by atoms with Gasteiger partial charge in [-0.05, 0) is 36.8 Å². The normalized spacial score (nSPS) is 10.4. The van der Waals surface area contributed by atoms with Crippen molar-refractivity contribution >= 4 is 51.5 Å². The van der Waals surface area contributed by atoms with Crippen molar-refractivity contribution in [2.75, 3.05) is 17.2 Å². The van der Waals surface area contributed by atoms with Crippen LogP contribution in [0.3, 0.4) is 0 Å². The molecular weight excluding hydrogens is 450 g/mol. The monoisotopic (exact) mass is 471 g/mol. The predicted octanol–water partition coefficient (Wildman–Crippen LogP) is 4.15. The molecule has 2 aromatic carbocycles. The maximum Gasteiger partial charge on any atom is 0.257 e. The van der Waals surface area contributed by atoms with Gasteiger partial charge in [0.1, 0.15) is 5.01 Å². The molecule has 8 nitrogen and oxygen atoms in total. The van der Waals surface area contributed by atoms with Crippen molar-refractivity contribution in [1.29, 1.82) is 0 Å². The molecule has 10 heteroatoms. The van der Waals surface area contributed by atoms with Crippen molar-refractivity contribution in [3.05, 3.63) is 69.7 Å². The second-order valence-corrected chi connectivity index (χ2v) is 8.29. The number of aromatic nitrogens is 2. The Hall–Kier alpha value is -3.30. The van der Waals surface area contributed by atoms with E-state index in [1.54, 1.807) is 48.5 Å². The Morgan fingerprint density at radius 2 is 1.81 bits per heavy atom. The molecule has 0 unspecified atom stereocenters. The van der Waals surface area contributed by atoms with Gasteiger partial charge in [0.05, 0.1) is 10.6 Å². The topological polar surface area (TPSA) is 113 Å². The van der Waals surface area contributed by atoms with Crippen LogP contribution < -0.4 is 16.0 Å². The summed E-state index contributed by atoms with van der Waals surface area (Å²) in [6.07, 6.45) is 1.63. The Morgan fingerprint density at radius 1 is 1.00 bits per heavy atom. The molecule has 0 bridgehead atoms. The quantitative estimate of drug-likeness (QED) is 0.433. The summed E-state index contributed by atoms with van der Waals surface area (Å²) in [5.74, 6) is -0.716. The van der Waals surface area contributed by atoms with Crippen molar-refractivity contribution < 1.29 is 14.4 Å². The van der Waals surface area contributed by atoms with Crippen molar-refractivity contribution in [1.82, 2.24) is 15.5 Å². The third-order valence-corrected chi connectivity index (χ3v) is 5.54. The second kappa shape index (κ2) is 11.4. The number of hydrogen-bond acceptors (Lipinski definition) is 6. The number of benzene rings is 2. The van der Waals surface area contributed by atoms with Crippen molar-refractivity contribution in [2.45, 2.75) is 26.2 Å². The van der Waals surface area contributed by atoms with E-state index in [1.165, 1.54) is 11.3 Å². The van der Waals surface area contributed by atoms with Crippen LogP contribution in [0.4, 0.5) is 10.8 Å². The molecule has 3 aromatic rings. The Balaban J connectivity index is 1.51. The number of amides is 3. The Labute approximate surface area is 194 Å². The van der Waals surface area contributed by atoms with Crippen LogP contribution in [0.25, 0.3) is 0 Å². The maximum atomic E-state index is 12.5. The molecule has 166 valence electrons. The van der Waals surface area contributed by atoms with E-state index in [-0.39, 0.29) is 17.7 Å². The van der Waals surface area contributed by atoms with Gasteiger partial charge in [-0.2, -0.15) is 0 Å². The Kier molecular flexibility index (Phi) is 8.29. The summed E-state index contributed by atoms with van der Waals surface area (Å²) in [6, 6.07) is 13.5. The minimum Gasteiger partial charge on any atom is -0.352 e. The number of nitrogens with zero attached hydrogens (tertiary/aromatic N) is 2. The van der Waals surface area contributed by atoms with Crippen LogP contribution in [-0.4, -0.2) is 34.5 Å². The first kappa shape index (κ1) is 23.4. The van der Waals surface area contributed by atoms with E-state index in [0.717, 1.165) is 6.42 Å². The highest BCUT2D eigenvalue weighted by Crippen LogP contribution is 2.18. The molecule has 3 N–H and O–H groups in total. The molecule has 1 aromatic heterocycles. The number of halogens is 1. The summed E-state index contributed by atoms with van der Waals surface area (Å²) in [5, 5.41) is 17.7. The van der Waals surface area contributed by atoms with Crippen LogP contribution >= 0.6 is 22.9 Å². The molecule has 0 saturated heterocycles. The molecule has 0 aliphatic rings. The van der Waals surface area contributed by atoms with Gasteiger partial charge in [0.25, 0.3) is 11.8 Å². The van der Waals surface area contributed by atoms with Crippen LogP contribution in [0.5, 0.6) is 0 Å². The number of carbonyl (C=O) groups excluding carboxylic acids is 3. The maximum absolute atomic E-state index is 12.5. The standard InChI is InChI=1S/C22H22ClN5O3S/c1-2-6-18(29)25-15-8-5-7-14(13-15)20(30)26-22-28-27-19(32-22)11-12-24-21(31)16-9-3-4-10-17(16)23/h3-5,7-10,13H,2,6,11-12H2,1H3,(H,24,31)(H,25,29)(H,26,28,30). The molecular formula is C22H22ClN5O3S. The number of nitrogens with one attached hydrogen (secondary N) is 3. The first-order valence-corrected chi connectivity index (χ1v) is 11.2. The fraction of sp³-hybridized carbons (Fsp3) is 0.227. The molecule has 0 radical (unpaired) electrons. The van der Waals surface area contributed by atoms with Crippen LogP contribution in [0.2, 0.25) is 5.02 Å². The summed E-state index contributed by atoms with van der Waals surface area (Å²) < 4.78 is 0. The molecule has 0 fully saturated rings. The average molecular weight is 472 g/mol. The third-order valence-electron chi connectivity index (χ3n) is 4.32. The fourth-order valence-electron chi connectivity index (χ4n) is 2.79. The SMILES string of the molecule is CCCC(=O)Nc1cccc(C(=O)Nc2nnc(CCNC(=O)c3ccccc3Cl)s2)c1. The molecule has 0 spiro atoms. The van der Waals surface area contributed by atoms with E-state index in [9.17, 15) is 14.4 Å². The number of carbonyl (C=O) groups is 3. The second-order valence-electron chi connectivity index (χ2n) is 6.82. The minimum absolute atomic E-state index is 0.0968. The van der Waals surface area contributed by atoms with Crippen molar-refractivity contribution in [3.8, 4) is 0 Å². The lowest BCUT2D eigenvalue weighted by molar-refractivity contribution is -0.116. The summed E-state index contributed by atoms with van der Waals surface area (Å²) in [4.78, 5) is 36.5. The van der Waals surface area contributed by atoms with E-state index in [2.05, 4.69) is 26.1 Å². The van der Waals surface area contributed by atoms with E-state index >= 15 is 0 Å². The van der Waals surface area contributed by atoms with Crippen molar-refractivity contribution in [2.24, 2.45) is 0 Å². The molecule has 3 amide bonds. The smallest absolute Gasteiger partial charge is 0.257 e. The predicted molar refractivity (Wildman–Crippen MR) is 125 cm³/mol. The molecule has 1 heterocycles. The minimum atomic E-state index is -0.355. The average Bonchev–Trinajstić information content (AvgIpc) is 3.21. The number of anilines is 2. The van der Waals surface area contributed by atoms with Gasteiger partial charge in [0, 0.05) is 30.6 Å². The molecule has 32 heavy (non-hydrogen) atoms. The Morgan fingerprint density at radius 3 is 2.59 bits per heavy atom. The van der Waals surface area contributed by atoms with Crippen LogP contribution in [0.15, 0.2) is 48.5 Å². The highest BCUT2D eigenvalue weighted by molar-refractivity contribution is 7.15. The van der Waals surface area contributed by atoms with Gasteiger partial charge in [-0.1, -0.05) is 48.1 Å². The number of rotatable bonds is 9. The van der Waals surface area contributed by atoms with Gasteiger partial charge in [-0.25, -0.2) is 0 Å². The van der Waals surface area contributed by atoms with Gasteiger partial charge < -0.3 is 10.6 Å². The molecule has 3 rings (SSSR count). The van der Waals surface area contributed by atoms with Gasteiger partial charge in [-0.15, -0.1) is 10.2 Å². The lowest BCUT2D eigenvalue weighted by Gasteiger charge is -2.06. The van der Waals surface area contributed by atoms with E-state index in [4.69, 9.17) is 11.6 Å². The first-order valence-electron chi connectivity index (χ1n) is 10.0. The first-order chi connectivity index (χ1) is 15.5. The number of hydrogen-bond donors (Lipinski definition) is 3. The fourth-order valence-corrected chi connectivity index (χ4v) is 3.74. The Bertz CT molecular complexity index is 1120. The van der Waals surface area contributed by atoms with Gasteiger partial charge in [0.2, 0.25) is 11.0 Å². The highest BCUT2D eigenvalue weighted by Gasteiger charge is 2.13. The zero-order valence-corrected chi connectivity index (χ0v) is 18.9. The summed E-state index contributed by atoms with van der Waals surface area (Å²) in [7, 11) is 0. The highest BCUT2D eigenvalue weighted by atomic mass is 35.5. The summed E-state index contributed by atoms with van der Waals surface area (Å²) >= 11 is 7.25. The molecule has 0 aliphatic heterocycles. The van der Waals surface area contributed by atoms with Crippen LogP contribution in [0.1, 0.15) is 45.5 Å². The largest absolute Gasteiger partial charge is 0.352 e. The molecule has 0 saturated carbocycles. The lowest BCUT2D eigenvalue weighted by atomic mass is 10.2. The summed E-state index contributed by atoms with van der Waals surface area (Å²) in [6.45, 7) is 2.28. The van der Waals surface area contributed by atoms with E-state index in [0.29, 0.717) is 51.4 Å². The van der Waals surface area contributed by atoms with Crippen LogP contribution in [0, 0.1) is 0 Å². The zero-order chi connectivity index (χ0) is 22.9. The van der Waals surface area contributed by atoms with Crippen molar-refractivity contribution in [3.63, 3.8) is 0 Å². The lowest BCUT2D eigenvalue weighted by Crippen LogP contribution is -2.25. The van der Waals surface area contributed by atoms with E-state index in [1.807, 2.05) is 6.92 Å². The third kappa shape index (κ3) is 6.60. The molecule has 0 aliphatic carbocycles. The van der Waals surface area contributed by atoms with Gasteiger partial charge in [0.15, 0.2) is 0 Å². The van der Waals surface area contributed by atoms with Gasteiger partial charge in [-0.3, -0.25) is 19.7 Å². The van der Waals surface area contributed by atoms with Crippen LogP contribution in [-0.2, 0) is 11.2 Å². The van der Waals surface area contributed by atoms with Gasteiger partial charge >= 0.3 is 0 Å². The zero-order valence-electron chi connectivity index (χ0n) is 17.4. The summed E-state index contributed by atoms with van der Waals surface area (Å²) in [5.41, 5.74) is 1.36. The van der Waals surface area contributed by atoms with E-state index < -0.39 is 0 Å². The molecule has 0 atom stereocenters.